The molecule has 7 atom stereocenters. The predicted octanol–water partition coefficient (Wildman–Crippen LogP) is 2.78. The van der Waals surface area contributed by atoms with Gasteiger partial charge in [-0.05, 0) is 36.7 Å². The number of carbonyl (C=O) groups is 3. The third kappa shape index (κ3) is 3.04. The number of fused-ring (bicyclic) bond motifs is 9. The molecule has 1 saturated heterocycles. The fourth-order valence-electron chi connectivity index (χ4n) is 6.96. The lowest BCUT2D eigenvalue weighted by Gasteiger charge is -2.43. The normalized spacial score (nSPS) is 33.1. The number of para-hydroxylation sites is 1. The van der Waals surface area contributed by atoms with Crippen molar-refractivity contribution < 1.29 is 24.2 Å². The van der Waals surface area contributed by atoms with E-state index in [9.17, 15) is 19.2 Å². The van der Waals surface area contributed by atoms with Crippen molar-refractivity contribution in [1.82, 2.24) is 9.88 Å². The maximum atomic E-state index is 13.4. The summed E-state index contributed by atoms with van der Waals surface area (Å²) >= 11 is 2.88. The molecule has 2 bridgehead atoms. The first-order valence-electron chi connectivity index (χ1n) is 11.5. The summed E-state index contributed by atoms with van der Waals surface area (Å²) in [6, 6.07) is 7.84. The van der Waals surface area contributed by atoms with E-state index in [1.807, 2.05) is 24.3 Å². The highest BCUT2D eigenvalue weighted by molar-refractivity contribution is 8.00. The highest BCUT2D eigenvalue weighted by atomic mass is 32.2. The Morgan fingerprint density at radius 3 is 2.65 bits per heavy atom. The molecule has 6 rings (SSSR count). The van der Waals surface area contributed by atoms with Gasteiger partial charge in [-0.1, -0.05) is 29.5 Å². The van der Waals surface area contributed by atoms with Gasteiger partial charge in [0, 0.05) is 34.6 Å². The molecule has 7 unspecified atom stereocenters. The van der Waals surface area contributed by atoms with Crippen LogP contribution < -0.4 is 9.61 Å². The second-order valence-electron chi connectivity index (χ2n) is 9.53. The molecule has 178 valence electrons. The number of likely N-dealkylation sites (tertiary alicyclic amines) is 1. The van der Waals surface area contributed by atoms with Gasteiger partial charge in [-0.2, -0.15) is 0 Å². The third-order valence-electron chi connectivity index (χ3n) is 8.06. The van der Waals surface area contributed by atoms with Crippen molar-refractivity contribution in [2.45, 2.75) is 35.5 Å². The molecule has 3 fully saturated rings. The number of thioether (sulfide) groups is 1. The van der Waals surface area contributed by atoms with E-state index in [4.69, 9.17) is 9.84 Å². The maximum absolute atomic E-state index is 13.4. The number of methoxy groups -OCH3 is 1. The van der Waals surface area contributed by atoms with Gasteiger partial charge in [0.15, 0.2) is 0 Å². The zero-order chi connectivity index (χ0) is 23.7. The summed E-state index contributed by atoms with van der Waals surface area (Å²) in [5.41, 5.74) is 1.01. The van der Waals surface area contributed by atoms with Crippen LogP contribution in [-0.2, 0) is 14.4 Å². The van der Waals surface area contributed by atoms with Crippen molar-refractivity contribution >= 4 is 40.9 Å². The lowest BCUT2D eigenvalue weighted by molar-refractivity contribution is -0.142. The average molecular weight is 501 g/mol. The molecule has 4 aliphatic rings. The minimum atomic E-state index is -0.929. The molecule has 2 N–H and O–H groups in total. The minimum Gasteiger partial charge on any atom is -0.496 e. The van der Waals surface area contributed by atoms with E-state index in [1.165, 1.54) is 16.2 Å². The zero-order valence-corrected chi connectivity index (χ0v) is 20.1. The number of aromatic amines is 1. The number of hydrogen-bond acceptors (Lipinski definition) is 7. The third-order valence-corrected chi connectivity index (χ3v) is 10.6. The summed E-state index contributed by atoms with van der Waals surface area (Å²) < 4.78 is 5.69. The number of imide groups is 1. The monoisotopic (exact) mass is 500 g/mol. The second kappa shape index (κ2) is 7.98. The van der Waals surface area contributed by atoms with Crippen LogP contribution >= 0.6 is 23.1 Å². The average Bonchev–Trinajstić information content (AvgIpc) is 3.54. The van der Waals surface area contributed by atoms with Gasteiger partial charge in [0.2, 0.25) is 11.8 Å². The number of aliphatic carboxylic acids is 1. The summed E-state index contributed by atoms with van der Waals surface area (Å²) in [5.74, 6) is -1.06. The number of benzene rings is 1. The van der Waals surface area contributed by atoms with Gasteiger partial charge < -0.3 is 14.8 Å². The summed E-state index contributed by atoms with van der Waals surface area (Å²) in [7, 11) is 1.64. The molecule has 10 heteroatoms. The van der Waals surface area contributed by atoms with E-state index >= 15 is 0 Å². The van der Waals surface area contributed by atoms with Crippen LogP contribution in [0.15, 0.2) is 34.1 Å². The summed E-state index contributed by atoms with van der Waals surface area (Å²) in [6.45, 7) is 0.162. The lowest BCUT2D eigenvalue weighted by Crippen LogP contribution is -2.42. The van der Waals surface area contributed by atoms with Crippen LogP contribution in [0, 0.1) is 29.6 Å². The fraction of sp³-hybridized carbons (Fsp3) is 0.500. The lowest BCUT2D eigenvalue weighted by atomic mass is 9.68. The van der Waals surface area contributed by atoms with E-state index in [1.54, 1.807) is 18.9 Å². The standard InChI is InChI=1S/C24H24N2O6S2/c1-32-13-6-3-2-5-10(13)15-16-11-9-12(19(16)33-21-20(15)34-24(31)25-21)18-17(11)22(29)26(23(18)30)8-4-7-14(27)28/h2-3,5-6,11-12,15-19H,4,7-9H2,1H3,(H,25,31)(H,27,28). The highest BCUT2D eigenvalue weighted by Crippen LogP contribution is 2.68. The van der Waals surface area contributed by atoms with Crippen LogP contribution in [0.25, 0.3) is 0 Å². The highest BCUT2D eigenvalue weighted by Gasteiger charge is 2.69. The Balaban J connectivity index is 1.39. The number of rotatable bonds is 6. The molecule has 2 aromatic rings. The smallest absolute Gasteiger partial charge is 0.305 e. The quantitative estimate of drug-likeness (QED) is 0.586. The number of amides is 2. The Hall–Kier alpha value is -2.59. The maximum Gasteiger partial charge on any atom is 0.305 e. The molecule has 1 aromatic heterocycles. The number of thiazole rings is 1. The van der Waals surface area contributed by atoms with Gasteiger partial charge in [-0.25, -0.2) is 0 Å². The molecule has 3 heterocycles. The molecule has 2 saturated carbocycles. The van der Waals surface area contributed by atoms with E-state index in [0.29, 0.717) is 0 Å². The number of nitrogens with zero attached hydrogens (tertiary/aromatic N) is 1. The van der Waals surface area contributed by atoms with Crippen molar-refractivity contribution in [2.75, 3.05) is 13.7 Å². The van der Waals surface area contributed by atoms with E-state index in [0.717, 1.165) is 27.6 Å². The molecular weight excluding hydrogens is 476 g/mol. The number of H-pyrrole nitrogens is 1. The molecule has 0 radical (unpaired) electrons. The van der Waals surface area contributed by atoms with E-state index in [2.05, 4.69) is 4.98 Å². The zero-order valence-electron chi connectivity index (χ0n) is 18.4. The molecule has 0 spiro atoms. The number of carbonyl (C=O) groups excluding carboxylic acids is 2. The van der Waals surface area contributed by atoms with Gasteiger partial charge in [-0.3, -0.25) is 24.1 Å². The first-order chi connectivity index (χ1) is 16.4. The second-order valence-corrected chi connectivity index (χ2v) is 11.7. The molecule has 2 aliphatic carbocycles. The van der Waals surface area contributed by atoms with Gasteiger partial charge in [0.05, 0.1) is 24.0 Å². The van der Waals surface area contributed by atoms with Crippen LogP contribution in [-0.4, -0.2) is 51.7 Å². The van der Waals surface area contributed by atoms with Crippen LogP contribution in [0.4, 0.5) is 0 Å². The first kappa shape index (κ1) is 21.9. The van der Waals surface area contributed by atoms with Crippen LogP contribution in [0.3, 0.4) is 0 Å². The van der Waals surface area contributed by atoms with Crippen molar-refractivity contribution in [2.24, 2.45) is 29.6 Å². The Labute approximate surface area is 203 Å². The summed E-state index contributed by atoms with van der Waals surface area (Å²) in [4.78, 5) is 55.2. The number of hydrogen-bond donors (Lipinski definition) is 2. The van der Waals surface area contributed by atoms with Crippen LogP contribution in [0.1, 0.15) is 35.6 Å². The van der Waals surface area contributed by atoms with Gasteiger partial charge in [-0.15, -0.1) is 11.8 Å². The Kier molecular flexibility index (Phi) is 5.14. The summed E-state index contributed by atoms with van der Waals surface area (Å²) in [6.07, 6.45) is 1.03. The van der Waals surface area contributed by atoms with Crippen LogP contribution in [0.5, 0.6) is 5.75 Å². The van der Waals surface area contributed by atoms with Crippen molar-refractivity contribution in [1.29, 1.82) is 0 Å². The molecule has 1 aromatic carbocycles. The Bertz CT molecular complexity index is 1250. The van der Waals surface area contributed by atoms with Gasteiger partial charge >= 0.3 is 10.8 Å². The Morgan fingerprint density at radius 2 is 1.91 bits per heavy atom. The Morgan fingerprint density at radius 1 is 1.18 bits per heavy atom. The van der Waals surface area contributed by atoms with Crippen LogP contribution in [0.2, 0.25) is 0 Å². The van der Waals surface area contributed by atoms with E-state index < -0.39 is 5.97 Å². The largest absolute Gasteiger partial charge is 0.496 e. The number of ether oxygens (including phenoxy) is 1. The summed E-state index contributed by atoms with van der Waals surface area (Å²) in [5, 5.41) is 9.94. The molecular formula is C24H24N2O6S2. The minimum absolute atomic E-state index is 0.0358. The van der Waals surface area contributed by atoms with Crippen molar-refractivity contribution in [3.63, 3.8) is 0 Å². The predicted molar refractivity (Wildman–Crippen MR) is 125 cm³/mol. The van der Waals surface area contributed by atoms with Crippen molar-refractivity contribution in [3.05, 3.63) is 44.4 Å². The number of aromatic nitrogens is 1. The molecule has 8 nitrogen and oxygen atoms in total. The first-order valence-corrected chi connectivity index (χ1v) is 13.2. The van der Waals surface area contributed by atoms with Gasteiger partial charge in [0.1, 0.15) is 5.75 Å². The van der Waals surface area contributed by atoms with E-state index in [-0.39, 0.29) is 76.8 Å². The number of carboxylic acids is 1. The van der Waals surface area contributed by atoms with Gasteiger partial charge in [0.25, 0.3) is 0 Å². The van der Waals surface area contributed by atoms with Crippen molar-refractivity contribution in [3.8, 4) is 5.75 Å². The molecule has 34 heavy (non-hydrogen) atoms. The SMILES string of the molecule is COc1ccccc1C1c2sc(=O)[nH]c2SC2C3CC(C4C(=O)N(CCCC(=O)O)C(=O)C34)C12. The molecule has 2 aliphatic heterocycles. The number of carboxylic acid groups (broad SMARTS) is 1. The number of nitrogens with one attached hydrogen (secondary N) is 1. The topological polar surface area (TPSA) is 117 Å². The molecule has 2 amide bonds. The fourth-order valence-corrected chi connectivity index (χ4v) is 9.84.